The molecule has 0 saturated heterocycles. The van der Waals surface area contributed by atoms with E-state index in [2.05, 4.69) is 4.72 Å². The summed E-state index contributed by atoms with van der Waals surface area (Å²) in [6.45, 7) is 4.17. The molecule has 0 aliphatic heterocycles. The number of non-ortho nitro benzene ring substituents is 1. The predicted octanol–water partition coefficient (Wildman–Crippen LogP) is 1.21. The first-order valence-corrected chi connectivity index (χ1v) is 7.52. The Kier molecular flexibility index (Phi) is 5.02. The van der Waals surface area contributed by atoms with Gasteiger partial charge in [0.15, 0.2) is 0 Å². The fraction of sp³-hybridized carbons (Fsp3) is 0.417. The van der Waals surface area contributed by atoms with Crippen molar-refractivity contribution >= 4 is 21.7 Å². The Balaban J connectivity index is 3.19. The molecule has 1 aromatic rings. The fourth-order valence-electron chi connectivity index (χ4n) is 1.59. The standard InChI is InChI=1S/C12H16N2O6S/c1-7-4-10(14(17)18)5-11(9(7)3)21(19,20)13-6-8(2)12(15)16/h4-5,8,13H,6H2,1-3H3,(H,15,16). The van der Waals surface area contributed by atoms with Gasteiger partial charge in [-0.15, -0.1) is 0 Å². The van der Waals surface area contributed by atoms with E-state index in [4.69, 9.17) is 5.11 Å². The third kappa shape index (κ3) is 3.99. The lowest BCUT2D eigenvalue weighted by molar-refractivity contribution is -0.385. The summed E-state index contributed by atoms with van der Waals surface area (Å²) in [6, 6.07) is 2.25. The van der Waals surface area contributed by atoms with Gasteiger partial charge in [-0.3, -0.25) is 14.9 Å². The van der Waals surface area contributed by atoms with E-state index in [-0.39, 0.29) is 17.1 Å². The predicted molar refractivity (Wildman–Crippen MR) is 74.6 cm³/mol. The van der Waals surface area contributed by atoms with Crippen molar-refractivity contribution in [1.29, 1.82) is 0 Å². The number of carboxylic acids is 1. The summed E-state index contributed by atoms with van der Waals surface area (Å²) >= 11 is 0. The molecule has 0 aliphatic rings. The van der Waals surface area contributed by atoms with Gasteiger partial charge in [-0.05, 0) is 25.0 Å². The second-order valence-corrected chi connectivity index (χ2v) is 6.47. The molecule has 8 nitrogen and oxygen atoms in total. The molecule has 0 saturated carbocycles. The molecule has 0 aliphatic carbocycles. The Labute approximate surface area is 122 Å². The number of benzene rings is 1. The number of carboxylic acid groups (broad SMARTS) is 1. The van der Waals surface area contributed by atoms with Crippen LogP contribution in [0.2, 0.25) is 0 Å². The third-order valence-electron chi connectivity index (χ3n) is 3.11. The third-order valence-corrected chi connectivity index (χ3v) is 4.66. The van der Waals surface area contributed by atoms with Crippen molar-refractivity contribution < 1.29 is 23.2 Å². The number of hydrogen-bond acceptors (Lipinski definition) is 5. The molecule has 0 heterocycles. The molecule has 0 aromatic heterocycles. The first-order valence-electron chi connectivity index (χ1n) is 6.04. The Morgan fingerprint density at radius 1 is 1.43 bits per heavy atom. The van der Waals surface area contributed by atoms with Crippen LogP contribution in [0.1, 0.15) is 18.1 Å². The van der Waals surface area contributed by atoms with Crippen LogP contribution < -0.4 is 4.72 Å². The summed E-state index contributed by atoms with van der Waals surface area (Å²) in [4.78, 5) is 20.6. The van der Waals surface area contributed by atoms with E-state index >= 15 is 0 Å². The Morgan fingerprint density at radius 2 is 2.00 bits per heavy atom. The number of hydrogen-bond donors (Lipinski definition) is 2. The van der Waals surface area contributed by atoms with Crippen molar-refractivity contribution in [2.24, 2.45) is 5.92 Å². The number of aliphatic carboxylic acids is 1. The maximum atomic E-state index is 12.2. The number of nitro groups is 1. The van der Waals surface area contributed by atoms with E-state index in [1.807, 2.05) is 0 Å². The highest BCUT2D eigenvalue weighted by Crippen LogP contribution is 2.25. The minimum Gasteiger partial charge on any atom is -0.481 e. The number of rotatable bonds is 6. The van der Waals surface area contributed by atoms with E-state index in [0.29, 0.717) is 11.1 Å². The van der Waals surface area contributed by atoms with Crippen LogP contribution in [-0.2, 0) is 14.8 Å². The average molecular weight is 316 g/mol. The van der Waals surface area contributed by atoms with E-state index in [9.17, 15) is 23.3 Å². The lowest BCUT2D eigenvalue weighted by atomic mass is 10.1. The number of nitro benzene ring substituents is 1. The number of nitrogens with one attached hydrogen (secondary N) is 1. The van der Waals surface area contributed by atoms with Crippen LogP contribution in [0, 0.1) is 29.9 Å². The van der Waals surface area contributed by atoms with Gasteiger partial charge in [0.2, 0.25) is 10.0 Å². The maximum Gasteiger partial charge on any atom is 0.307 e. The van der Waals surface area contributed by atoms with Crippen LogP contribution in [-0.4, -0.2) is 31.0 Å². The van der Waals surface area contributed by atoms with Gasteiger partial charge in [0.05, 0.1) is 15.7 Å². The van der Waals surface area contributed by atoms with Crippen molar-refractivity contribution in [3.63, 3.8) is 0 Å². The fourth-order valence-corrected chi connectivity index (χ4v) is 3.06. The molecule has 1 aromatic carbocycles. The summed E-state index contributed by atoms with van der Waals surface area (Å²) < 4.78 is 26.5. The molecule has 2 N–H and O–H groups in total. The van der Waals surface area contributed by atoms with Gasteiger partial charge in [0.1, 0.15) is 0 Å². The summed E-state index contributed by atoms with van der Waals surface area (Å²) in [7, 11) is -4.02. The van der Waals surface area contributed by atoms with E-state index in [1.165, 1.54) is 19.9 Å². The quantitative estimate of drug-likeness (QED) is 0.600. The molecular weight excluding hydrogens is 300 g/mol. The zero-order chi connectivity index (χ0) is 16.4. The van der Waals surface area contributed by atoms with Crippen LogP contribution in [0.25, 0.3) is 0 Å². The van der Waals surface area contributed by atoms with Gasteiger partial charge in [0.25, 0.3) is 5.69 Å². The molecule has 1 rings (SSSR count). The van der Waals surface area contributed by atoms with Crippen LogP contribution >= 0.6 is 0 Å². The van der Waals surface area contributed by atoms with Gasteiger partial charge in [0, 0.05) is 18.7 Å². The highest BCUT2D eigenvalue weighted by Gasteiger charge is 2.23. The smallest absolute Gasteiger partial charge is 0.307 e. The largest absolute Gasteiger partial charge is 0.481 e. The van der Waals surface area contributed by atoms with E-state index < -0.39 is 26.8 Å². The number of sulfonamides is 1. The molecule has 1 unspecified atom stereocenters. The minimum atomic E-state index is -4.02. The molecule has 1 atom stereocenters. The van der Waals surface area contributed by atoms with Crippen molar-refractivity contribution in [3.8, 4) is 0 Å². The molecule has 0 radical (unpaired) electrons. The highest BCUT2D eigenvalue weighted by molar-refractivity contribution is 7.89. The second-order valence-electron chi connectivity index (χ2n) is 4.73. The van der Waals surface area contributed by atoms with Gasteiger partial charge < -0.3 is 5.11 Å². The average Bonchev–Trinajstić information content (AvgIpc) is 2.38. The maximum absolute atomic E-state index is 12.2. The lowest BCUT2D eigenvalue weighted by Crippen LogP contribution is -2.32. The van der Waals surface area contributed by atoms with Gasteiger partial charge in [-0.2, -0.15) is 0 Å². The van der Waals surface area contributed by atoms with Crippen LogP contribution in [0.3, 0.4) is 0 Å². The molecular formula is C12H16N2O6S. The Morgan fingerprint density at radius 3 is 2.48 bits per heavy atom. The van der Waals surface area contributed by atoms with Crippen molar-refractivity contribution in [1.82, 2.24) is 4.72 Å². The summed E-state index contributed by atoms with van der Waals surface area (Å²) in [6.07, 6.45) is 0. The summed E-state index contributed by atoms with van der Waals surface area (Å²) in [5, 5.41) is 19.6. The number of carbonyl (C=O) groups is 1. The zero-order valence-electron chi connectivity index (χ0n) is 11.8. The number of nitrogens with zero attached hydrogens (tertiary/aromatic N) is 1. The van der Waals surface area contributed by atoms with Crippen LogP contribution in [0.5, 0.6) is 0 Å². The monoisotopic (exact) mass is 316 g/mol. The van der Waals surface area contributed by atoms with Gasteiger partial charge >= 0.3 is 5.97 Å². The highest BCUT2D eigenvalue weighted by atomic mass is 32.2. The molecule has 0 spiro atoms. The van der Waals surface area contributed by atoms with E-state index in [0.717, 1.165) is 6.07 Å². The van der Waals surface area contributed by atoms with Crippen molar-refractivity contribution in [3.05, 3.63) is 33.4 Å². The van der Waals surface area contributed by atoms with Gasteiger partial charge in [-0.1, -0.05) is 6.92 Å². The summed E-state index contributed by atoms with van der Waals surface area (Å²) in [5.74, 6) is -2.04. The van der Waals surface area contributed by atoms with Crippen molar-refractivity contribution in [2.75, 3.05) is 6.54 Å². The van der Waals surface area contributed by atoms with Crippen LogP contribution in [0.15, 0.2) is 17.0 Å². The SMILES string of the molecule is Cc1cc([N+](=O)[O-])cc(S(=O)(=O)NCC(C)C(=O)O)c1C. The molecule has 116 valence electrons. The first kappa shape index (κ1) is 17.1. The zero-order valence-corrected chi connectivity index (χ0v) is 12.6. The van der Waals surface area contributed by atoms with E-state index in [1.54, 1.807) is 6.92 Å². The first-order chi connectivity index (χ1) is 9.56. The molecule has 0 fully saturated rings. The Bertz CT molecular complexity index is 683. The lowest BCUT2D eigenvalue weighted by Gasteiger charge is -2.12. The molecule has 0 amide bonds. The molecule has 0 bridgehead atoms. The van der Waals surface area contributed by atoms with Gasteiger partial charge in [-0.25, -0.2) is 13.1 Å². The minimum absolute atomic E-state index is 0.216. The number of aryl methyl sites for hydroxylation is 1. The molecule has 21 heavy (non-hydrogen) atoms. The topological polar surface area (TPSA) is 127 Å². The normalized spacial score (nSPS) is 12.9. The second kappa shape index (κ2) is 6.19. The molecule has 9 heteroatoms. The Hall–Kier alpha value is -2.00. The van der Waals surface area contributed by atoms with Crippen molar-refractivity contribution in [2.45, 2.75) is 25.7 Å². The van der Waals surface area contributed by atoms with Crippen LogP contribution in [0.4, 0.5) is 5.69 Å². The summed E-state index contributed by atoms with van der Waals surface area (Å²) in [5.41, 5.74) is 0.525.